The van der Waals surface area contributed by atoms with Crippen LogP contribution in [0, 0.1) is 0 Å². The first kappa shape index (κ1) is 13.9. The topological polar surface area (TPSA) is 74.8 Å². The normalized spacial score (nSPS) is 27.9. The monoisotopic (exact) mass is 234 g/mol. The number of aliphatic hydroxyl groups excluding tert-OH is 2. The quantitative estimate of drug-likeness (QED) is 0.604. The van der Waals surface area contributed by atoms with E-state index in [0.29, 0.717) is 18.6 Å². The van der Waals surface area contributed by atoms with Gasteiger partial charge in [0.2, 0.25) is 0 Å². The Morgan fingerprint density at radius 1 is 1.25 bits per heavy atom. The molecule has 2 saturated heterocycles. The molecule has 2 rings (SSSR count). The third-order valence-electron chi connectivity index (χ3n) is 2.35. The first-order chi connectivity index (χ1) is 7.76. The summed E-state index contributed by atoms with van der Waals surface area (Å²) in [5, 5.41) is 16.9. The number of rotatable bonds is 7. The molecule has 2 heterocycles. The smallest absolute Gasteiger partial charge is 0.104 e. The summed E-state index contributed by atoms with van der Waals surface area (Å²) in [6.45, 7) is 5.24. The molecule has 0 spiro atoms. The van der Waals surface area contributed by atoms with Crippen LogP contribution in [0.3, 0.4) is 0 Å². The van der Waals surface area contributed by atoms with Crippen molar-refractivity contribution in [2.45, 2.75) is 38.1 Å². The molecule has 0 aromatic heterocycles. The Morgan fingerprint density at radius 2 is 1.75 bits per heavy atom. The SMILES string of the molecule is C(OCC1CO1)C1CO1.CCC(O)CCO. The average molecular weight is 234 g/mol. The Morgan fingerprint density at radius 3 is 2.00 bits per heavy atom. The molecule has 0 radical (unpaired) electrons. The maximum Gasteiger partial charge on any atom is 0.104 e. The molecule has 2 N–H and O–H groups in total. The van der Waals surface area contributed by atoms with E-state index in [1.807, 2.05) is 6.92 Å². The van der Waals surface area contributed by atoms with E-state index >= 15 is 0 Å². The Bertz CT molecular complexity index is 156. The average Bonchev–Trinajstić information content (AvgIpc) is 3.13. The molecule has 5 nitrogen and oxygen atoms in total. The van der Waals surface area contributed by atoms with E-state index in [1.165, 1.54) is 0 Å². The third-order valence-corrected chi connectivity index (χ3v) is 2.35. The lowest BCUT2D eigenvalue weighted by Crippen LogP contribution is -2.06. The molecule has 5 heteroatoms. The number of aliphatic hydroxyl groups is 2. The molecule has 0 aromatic rings. The molecule has 0 aliphatic carbocycles. The molecule has 0 saturated carbocycles. The highest BCUT2D eigenvalue weighted by Gasteiger charge is 2.26. The maximum absolute atomic E-state index is 8.70. The van der Waals surface area contributed by atoms with Gasteiger partial charge in [-0.15, -0.1) is 0 Å². The molecule has 16 heavy (non-hydrogen) atoms. The predicted molar refractivity (Wildman–Crippen MR) is 58.3 cm³/mol. The van der Waals surface area contributed by atoms with Gasteiger partial charge in [0.15, 0.2) is 0 Å². The summed E-state index contributed by atoms with van der Waals surface area (Å²) < 4.78 is 15.1. The maximum atomic E-state index is 8.70. The Kier molecular flexibility index (Phi) is 6.91. The van der Waals surface area contributed by atoms with Gasteiger partial charge in [0, 0.05) is 6.61 Å². The van der Waals surface area contributed by atoms with Crippen LogP contribution in [0.15, 0.2) is 0 Å². The molecule has 2 aliphatic heterocycles. The highest BCUT2D eigenvalue weighted by atomic mass is 16.6. The Balaban J connectivity index is 0.000000168. The van der Waals surface area contributed by atoms with Gasteiger partial charge >= 0.3 is 0 Å². The third kappa shape index (κ3) is 8.01. The van der Waals surface area contributed by atoms with Gasteiger partial charge in [-0.25, -0.2) is 0 Å². The largest absolute Gasteiger partial charge is 0.396 e. The van der Waals surface area contributed by atoms with Crippen molar-refractivity contribution in [2.75, 3.05) is 33.0 Å². The van der Waals surface area contributed by atoms with Crippen LogP contribution in [0.5, 0.6) is 0 Å². The van der Waals surface area contributed by atoms with Crippen molar-refractivity contribution in [1.82, 2.24) is 0 Å². The zero-order valence-corrected chi connectivity index (χ0v) is 9.80. The van der Waals surface area contributed by atoms with E-state index in [2.05, 4.69) is 0 Å². The van der Waals surface area contributed by atoms with Gasteiger partial charge in [-0.1, -0.05) is 6.92 Å². The molecule has 2 aliphatic rings. The lowest BCUT2D eigenvalue weighted by Gasteiger charge is -2.01. The van der Waals surface area contributed by atoms with Crippen LogP contribution in [0.2, 0.25) is 0 Å². The summed E-state index contributed by atoms with van der Waals surface area (Å²) >= 11 is 0. The fourth-order valence-electron chi connectivity index (χ4n) is 1.01. The van der Waals surface area contributed by atoms with Gasteiger partial charge in [0.25, 0.3) is 0 Å². The van der Waals surface area contributed by atoms with Gasteiger partial charge in [0.1, 0.15) is 12.2 Å². The summed E-state index contributed by atoms with van der Waals surface area (Å²) in [6.07, 6.45) is 1.73. The number of ether oxygens (including phenoxy) is 3. The molecule has 2 fully saturated rings. The fraction of sp³-hybridized carbons (Fsp3) is 1.00. The lowest BCUT2D eigenvalue weighted by atomic mass is 10.2. The van der Waals surface area contributed by atoms with Crippen LogP contribution < -0.4 is 0 Å². The molecule has 0 bridgehead atoms. The zero-order chi connectivity index (χ0) is 11.8. The molecule has 0 amide bonds. The first-order valence-corrected chi connectivity index (χ1v) is 5.86. The van der Waals surface area contributed by atoms with Gasteiger partial charge in [0.05, 0.1) is 32.5 Å². The van der Waals surface area contributed by atoms with Crippen molar-refractivity contribution in [3.8, 4) is 0 Å². The molecular weight excluding hydrogens is 212 g/mol. The van der Waals surface area contributed by atoms with Gasteiger partial charge < -0.3 is 24.4 Å². The van der Waals surface area contributed by atoms with Crippen LogP contribution in [0.25, 0.3) is 0 Å². The second kappa shape index (κ2) is 7.97. The van der Waals surface area contributed by atoms with Gasteiger partial charge in [-0.3, -0.25) is 0 Å². The van der Waals surface area contributed by atoms with Crippen LogP contribution >= 0.6 is 0 Å². The molecule has 3 unspecified atom stereocenters. The molecule has 0 aromatic carbocycles. The second-order valence-corrected chi connectivity index (χ2v) is 4.02. The number of epoxide rings is 2. The summed E-state index contributed by atoms with van der Waals surface area (Å²) in [5.41, 5.74) is 0. The number of hydrogen-bond donors (Lipinski definition) is 2. The Labute approximate surface area is 96.3 Å². The summed E-state index contributed by atoms with van der Waals surface area (Å²) in [7, 11) is 0. The second-order valence-electron chi connectivity index (χ2n) is 4.02. The van der Waals surface area contributed by atoms with Gasteiger partial charge in [-0.05, 0) is 12.8 Å². The minimum absolute atomic E-state index is 0.0923. The predicted octanol–water partition coefficient (Wildman–Crippen LogP) is -0.0597. The van der Waals surface area contributed by atoms with E-state index in [9.17, 15) is 0 Å². The van der Waals surface area contributed by atoms with E-state index in [0.717, 1.165) is 32.8 Å². The van der Waals surface area contributed by atoms with E-state index < -0.39 is 0 Å². The minimum atomic E-state index is -0.301. The minimum Gasteiger partial charge on any atom is -0.396 e. The van der Waals surface area contributed by atoms with Crippen LogP contribution in [0.1, 0.15) is 19.8 Å². The van der Waals surface area contributed by atoms with Crippen molar-refractivity contribution in [3.05, 3.63) is 0 Å². The number of hydrogen-bond acceptors (Lipinski definition) is 5. The van der Waals surface area contributed by atoms with Crippen molar-refractivity contribution >= 4 is 0 Å². The van der Waals surface area contributed by atoms with Crippen LogP contribution in [-0.4, -0.2) is 61.6 Å². The lowest BCUT2D eigenvalue weighted by molar-refractivity contribution is 0.102. The summed E-state index contributed by atoms with van der Waals surface area (Å²) in [5.74, 6) is 0. The molecule has 3 atom stereocenters. The van der Waals surface area contributed by atoms with Crippen LogP contribution in [0.4, 0.5) is 0 Å². The van der Waals surface area contributed by atoms with Crippen molar-refractivity contribution in [3.63, 3.8) is 0 Å². The van der Waals surface area contributed by atoms with Crippen LogP contribution in [-0.2, 0) is 14.2 Å². The highest BCUT2D eigenvalue weighted by molar-refractivity contribution is 4.71. The van der Waals surface area contributed by atoms with E-state index in [1.54, 1.807) is 0 Å². The fourth-order valence-corrected chi connectivity index (χ4v) is 1.01. The highest BCUT2D eigenvalue weighted by Crippen LogP contribution is 2.12. The summed E-state index contributed by atoms with van der Waals surface area (Å²) in [4.78, 5) is 0. The standard InChI is InChI=1S/C6H10O3.C5H12O2/c1(5-3-8-5)7-2-6-4-9-6;1-2-5(7)3-4-6/h5-6H,1-4H2;5-7H,2-4H2,1H3. The Hall–Kier alpha value is -0.200. The summed E-state index contributed by atoms with van der Waals surface area (Å²) in [6, 6.07) is 0. The van der Waals surface area contributed by atoms with Gasteiger partial charge in [-0.2, -0.15) is 0 Å². The van der Waals surface area contributed by atoms with E-state index in [-0.39, 0.29) is 12.7 Å². The zero-order valence-electron chi connectivity index (χ0n) is 9.80. The van der Waals surface area contributed by atoms with Crippen molar-refractivity contribution in [2.24, 2.45) is 0 Å². The molecule has 96 valence electrons. The van der Waals surface area contributed by atoms with Crippen molar-refractivity contribution in [1.29, 1.82) is 0 Å². The first-order valence-electron chi connectivity index (χ1n) is 5.86. The van der Waals surface area contributed by atoms with E-state index in [4.69, 9.17) is 24.4 Å². The molecular formula is C11H22O5. The van der Waals surface area contributed by atoms with Crippen molar-refractivity contribution < 1.29 is 24.4 Å².